The van der Waals surface area contributed by atoms with Crippen LogP contribution in [0, 0.1) is 11.8 Å². The summed E-state index contributed by atoms with van der Waals surface area (Å²) in [6.07, 6.45) is -0.530. The molecule has 0 spiro atoms. The standard InChI is InChI=1S/C21H18FIN4O4/c1-2-9-20(30)18(29)21(22,11-23)31-19(20)27-10-8-14-15(24-12-25-16(14)27)26-17(28)13-6-4-3-5-7-13/h3-8,10,12,18-19,29-30H,11H2,1H3,(H,24,25,26,28)/t18-,19+,20+,21+/m0/s1. The summed E-state index contributed by atoms with van der Waals surface area (Å²) in [6, 6.07) is 10.2. The molecule has 3 aromatic rings. The molecule has 4 atom stereocenters. The summed E-state index contributed by atoms with van der Waals surface area (Å²) in [6.45, 7) is 1.47. The number of fused-ring (bicyclic) bond motifs is 1. The Labute approximate surface area is 190 Å². The van der Waals surface area contributed by atoms with Gasteiger partial charge in [-0.2, -0.15) is 0 Å². The Morgan fingerprint density at radius 2 is 2.10 bits per heavy atom. The van der Waals surface area contributed by atoms with Crippen LogP contribution in [0.4, 0.5) is 10.2 Å². The van der Waals surface area contributed by atoms with E-state index in [0.717, 1.165) is 0 Å². The molecule has 1 aliphatic rings. The summed E-state index contributed by atoms with van der Waals surface area (Å²) < 4.78 is 21.7. The summed E-state index contributed by atoms with van der Waals surface area (Å²) in [4.78, 5) is 20.9. The number of nitrogens with one attached hydrogen (secondary N) is 1. The average Bonchev–Trinajstić information content (AvgIpc) is 3.29. The largest absolute Gasteiger partial charge is 0.383 e. The Kier molecular flexibility index (Phi) is 5.69. The normalized spacial score (nSPS) is 27.6. The van der Waals surface area contributed by atoms with E-state index >= 15 is 4.39 Å². The zero-order valence-electron chi connectivity index (χ0n) is 16.3. The van der Waals surface area contributed by atoms with Gasteiger partial charge in [0.15, 0.2) is 12.3 Å². The minimum atomic E-state index is -2.50. The van der Waals surface area contributed by atoms with Crippen molar-refractivity contribution < 1.29 is 24.1 Å². The molecule has 1 aromatic carbocycles. The first-order valence-corrected chi connectivity index (χ1v) is 10.8. The van der Waals surface area contributed by atoms with Crippen molar-refractivity contribution >= 4 is 45.3 Å². The first-order valence-electron chi connectivity index (χ1n) is 9.29. The van der Waals surface area contributed by atoms with E-state index in [-0.39, 0.29) is 21.8 Å². The summed E-state index contributed by atoms with van der Waals surface area (Å²) in [5, 5.41) is 24.7. The molecular weight excluding hydrogens is 518 g/mol. The number of halogens is 2. The van der Waals surface area contributed by atoms with Crippen molar-refractivity contribution in [2.45, 2.75) is 30.7 Å². The van der Waals surface area contributed by atoms with E-state index in [2.05, 4.69) is 27.1 Å². The second-order valence-electron chi connectivity index (χ2n) is 7.00. The van der Waals surface area contributed by atoms with E-state index in [1.165, 1.54) is 24.0 Å². The Balaban J connectivity index is 1.75. The predicted molar refractivity (Wildman–Crippen MR) is 119 cm³/mol. The molecule has 1 aliphatic heterocycles. The number of ether oxygens (including phenoxy) is 1. The monoisotopic (exact) mass is 536 g/mol. The van der Waals surface area contributed by atoms with Gasteiger partial charge in [-0.25, -0.2) is 14.4 Å². The smallest absolute Gasteiger partial charge is 0.256 e. The number of aliphatic hydroxyl groups excluding tert-OH is 1. The van der Waals surface area contributed by atoms with Crippen LogP contribution in [0.3, 0.4) is 0 Å². The van der Waals surface area contributed by atoms with E-state index in [1.54, 1.807) is 59.0 Å². The van der Waals surface area contributed by atoms with E-state index in [1.807, 2.05) is 0 Å². The summed E-state index contributed by atoms with van der Waals surface area (Å²) >= 11 is 1.73. The maximum Gasteiger partial charge on any atom is 0.256 e. The highest BCUT2D eigenvalue weighted by Crippen LogP contribution is 2.47. The first-order chi connectivity index (χ1) is 14.8. The molecule has 0 saturated carbocycles. The van der Waals surface area contributed by atoms with Crippen LogP contribution in [0.5, 0.6) is 0 Å². The van der Waals surface area contributed by atoms with Gasteiger partial charge in [0, 0.05) is 11.8 Å². The minimum absolute atomic E-state index is 0.220. The summed E-state index contributed by atoms with van der Waals surface area (Å²) in [5.74, 6) is 2.39. The zero-order chi connectivity index (χ0) is 22.2. The van der Waals surface area contributed by atoms with Crippen molar-refractivity contribution in [2.24, 2.45) is 0 Å². The van der Waals surface area contributed by atoms with Gasteiger partial charge in [0.2, 0.25) is 11.5 Å². The number of rotatable bonds is 4. The van der Waals surface area contributed by atoms with E-state index in [9.17, 15) is 15.0 Å². The number of aromatic nitrogens is 3. The van der Waals surface area contributed by atoms with Crippen molar-refractivity contribution in [2.75, 3.05) is 9.74 Å². The molecule has 4 rings (SSSR count). The highest BCUT2D eigenvalue weighted by molar-refractivity contribution is 14.1. The number of benzene rings is 1. The molecule has 3 heterocycles. The van der Waals surface area contributed by atoms with Crippen LogP contribution in [0.2, 0.25) is 0 Å². The third kappa shape index (κ3) is 3.57. The van der Waals surface area contributed by atoms with Crippen LogP contribution < -0.4 is 5.32 Å². The Bertz CT molecular complexity index is 1190. The zero-order valence-corrected chi connectivity index (χ0v) is 18.4. The molecule has 2 aromatic heterocycles. The van der Waals surface area contributed by atoms with Gasteiger partial charge in [-0.1, -0.05) is 46.7 Å². The van der Waals surface area contributed by atoms with Crippen molar-refractivity contribution in [3.63, 3.8) is 0 Å². The van der Waals surface area contributed by atoms with Crippen LogP contribution in [0.25, 0.3) is 11.0 Å². The van der Waals surface area contributed by atoms with Gasteiger partial charge in [-0.15, -0.1) is 5.92 Å². The maximum atomic E-state index is 15.1. The Morgan fingerprint density at radius 3 is 2.77 bits per heavy atom. The second kappa shape index (κ2) is 8.16. The molecule has 1 saturated heterocycles. The molecule has 0 unspecified atom stereocenters. The minimum Gasteiger partial charge on any atom is -0.383 e. The fraction of sp³-hybridized carbons (Fsp3) is 0.286. The molecule has 0 bridgehead atoms. The lowest BCUT2D eigenvalue weighted by molar-refractivity contribution is -0.167. The van der Waals surface area contributed by atoms with Crippen molar-refractivity contribution in [1.29, 1.82) is 0 Å². The van der Waals surface area contributed by atoms with Gasteiger partial charge in [0.05, 0.1) is 9.81 Å². The third-order valence-corrected chi connectivity index (χ3v) is 6.09. The Hall–Kier alpha value is -2.59. The molecule has 8 nitrogen and oxygen atoms in total. The van der Waals surface area contributed by atoms with Gasteiger partial charge in [0.1, 0.15) is 17.8 Å². The Morgan fingerprint density at radius 1 is 1.35 bits per heavy atom. The number of anilines is 1. The molecule has 1 amide bonds. The molecule has 31 heavy (non-hydrogen) atoms. The number of alkyl halides is 2. The van der Waals surface area contributed by atoms with Crippen molar-refractivity contribution in [3.05, 3.63) is 54.5 Å². The maximum absolute atomic E-state index is 15.1. The van der Waals surface area contributed by atoms with Crippen LogP contribution >= 0.6 is 22.6 Å². The van der Waals surface area contributed by atoms with Gasteiger partial charge < -0.3 is 24.8 Å². The fourth-order valence-corrected chi connectivity index (χ4v) is 4.13. The quantitative estimate of drug-likeness (QED) is 0.269. The average molecular weight is 536 g/mol. The SMILES string of the molecule is CC#C[C@]1(O)[C@H](n2ccc3c(NC(=O)c4ccccc4)ncnc32)O[C@](F)(CI)[C@H]1O. The molecule has 0 radical (unpaired) electrons. The first kappa shape index (κ1) is 21.6. The van der Waals surface area contributed by atoms with Gasteiger partial charge in [-0.05, 0) is 25.1 Å². The molecule has 0 aliphatic carbocycles. The number of nitrogens with zero attached hydrogens (tertiary/aromatic N) is 3. The van der Waals surface area contributed by atoms with Crippen LogP contribution in [-0.4, -0.2) is 52.6 Å². The number of amides is 1. The van der Waals surface area contributed by atoms with Crippen LogP contribution in [0.15, 0.2) is 48.9 Å². The van der Waals surface area contributed by atoms with E-state index in [0.29, 0.717) is 10.9 Å². The second-order valence-corrected chi connectivity index (χ2v) is 7.76. The van der Waals surface area contributed by atoms with Gasteiger partial charge in [-0.3, -0.25) is 4.79 Å². The molecule has 1 fully saturated rings. The highest BCUT2D eigenvalue weighted by atomic mass is 127. The predicted octanol–water partition coefficient (Wildman–Crippen LogP) is 2.43. The number of carbonyl (C=O) groups excluding carboxylic acids is 1. The molecule has 160 valence electrons. The van der Waals surface area contributed by atoms with Crippen molar-refractivity contribution in [3.8, 4) is 11.8 Å². The highest BCUT2D eigenvalue weighted by Gasteiger charge is 2.64. The molecular formula is C21H18FIN4O4. The third-order valence-electron chi connectivity index (χ3n) is 5.05. The molecule has 3 N–H and O–H groups in total. The van der Waals surface area contributed by atoms with Gasteiger partial charge >= 0.3 is 0 Å². The number of hydrogen-bond donors (Lipinski definition) is 3. The fourth-order valence-electron chi connectivity index (χ4n) is 3.54. The van der Waals surface area contributed by atoms with Crippen LogP contribution in [0.1, 0.15) is 23.5 Å². The number of aliphatic hydroxyl groups is 2. The lowest BCUT2D eigenvalue weighted by Crippen LogP contribution is -2.49. The van der Waals surface area contributed by atoms with Crippen molar-refractivity contribution in [1.82, 2.24) is 14.5 Å². The number of hydrogen-bond acceptors (Lipinski definition) is 6. The van der Waals surface area contributed by atoms with Gasteiger partial charge in [0.25, 0.3) is 5.91 Å². The van der Waals surface area contributed by atoms with E-state index < -0.39 is 23.8 Å². The lowest BCUT2D eigenvalue weighted by atomic mass is 9.94. The summed E-state index contributed by atoms with van der Waals surface area (Å²) in [5.41, 5.74) is -1.49. The summed E-state index contributed by atoms with van der Waals surface area (Å²) in [7, 11) is 0. The number of carbonyl (C=O) groups is 1. The van der Waals surface area contributed by atoms with E-state index in [4.69, 9.17) is 4.74 Å². The topological polar surface area (TPSA) is 110 Å². The van der Waals surface area contributed by atoms with Crippen LogP contribution in [-0.2, 0) is 4.74 Å². The molecule has 10 heteroatoms. The lowest BCUT2D eigenvalue weighted by Gasteiger charge is -2.26.